The molecule has 2 aliphatic carbocycles. The maximum Gasteiger partial charge on any atom is 0.400 e. The fraction of sp³-hybridized carbons (Fsp3) is 0.424. The van der Waals surface area contributed by atoms with Crippen LogP contribution in [0.15, 0.2) is 54.6 Å². The third-order valence-electron chi connectivity index (χ3n) is 8.76. The fourth-order valence-electron chi connectivity index (χ4n) is 6.27. The van der Waals surface area contributed by atoms with E-state index in [2.05, 4.69) is 31.2 Å². The molecule has 5 rings (SSSR count). The molecule has 0 radical (unpaired) electrons. The Morgan fingerprint density at radius 2 is 1.25 bits per heavy atom. The molecule has 0 aromatic heterocycles. The summed E-state index contributed by atoms with van der Waals surface area (Å²) >= 11 is 0. The van der Waals surface area contributed by atoms with Crippen LogP contribution in [-0.2, 0) is 0 Å². The number of nitrogens with zero attached hydrogens (tertiary/aromatic N) is 1. The average molecular weight is 554 g/mol. The van der Waals surface area contributed by atoms with Crippen LogP contribution in [0.1, 0.15) is 86.8 Å². The van der Waals surface area contributed by atoms with Crippen molar-refractivity contribution in [3.8, 4) is 22.9 Å². The van der Waals surface area contributed by atoms with Crippen LogP contribution in [-0.4, -0.2) is 6.11 Å². The van der Waals surface area contributed by atoms with E-state index in [0.717, 1.165) is 36.2 Å². The van der Waals surface area contributed by atoms with Crippen LogP contribution < -0.4 is 4.74 Å². The number of rotatable bonds is 6. The van der Waals surface area contributed by atoms with Gasteiger partial charge in [-0.15, -0.1) is 0 Å². The second kappa shape index (κ2) is 11.6. The number of alkyl halides is 2. The minimum atomic E-state index is -3.49. The van der Waals surface area contributed by atoms with E-state index in [-0.39, 0.29) is 35.6 Å². The van der Waals surface area contributed by atoms with Crippen molar-refractivity contribution in [2.24, 2.45) is 11.8 Å². The summed E-state index contributed by atoms with van der Waals surface area (Å²) in [4.78, 5) is 0. The first-order valence-corrected chi connectivity index (χ1v) is 14.0. The molecule has 0 aliphatic heterocycles. The van der Waals surface area contributed by atoms with Gasteiger partial charge in [-0.2, -0.15) is 14.0 Å². The maximum absolute atomic E-state index is 15.1. The molecule has 0 heterocycles. The van der Waals surface area contributed by atoms with Crippen LogP contribution in [0.3, 0.4) is 0 Å². The zero-order valence-electron chi connectivity index (χ0n) is 22.4. The summed E-state index contributed by atoms with van der Waals surface area (Å²) < 4.78 is 77.8. The lowest BCUT2D eigenvalue weighted by Gasteiger charge is -2.33. The number of hydrogen-bond donors (Lipinski definition) is 0. The predicted molar refractivity (Wildman–Crippen MR) is 144 cm³/mol. The zero-order valence-corrected chi connectivity index (χ0v) is 22.4. The molecule has 2 saturated carbocycles. The van der Waals surface area contributed by atoms with E-state index in [1.807, 2.05) is 0 Å². The second-order valence-corrected chi connectivity index (χ2v) is 11.4. The van der Waals surface area contributed by atoms with Crippen molar-refractivity contribution < 1.29 is 26.7 Å². The van der Waals surface area contributed by atoms with Gasteiger partial charge in [-0.3, -0.25) is 0 Å². The first-order chi connectivity index (χ1) is 19.1. The van der Waals surface area contributed by atoms with E-state index in [9.17, 15) is 13.2 Å². The van der Waals surface area contributed by atoms with Crippen molar-refractivity contribution in [1.29, 1.82) is 5.26 Å². The number of ether oxygens (including phenoxy) is 1. The third kappa shape index (κ3) is 6.01. The first kappa shape index (κ1) is 28.1. The molecule has 3 aromatic rings. The molecule has 2 nitrogen and oxygen atoms in total. The van der Waals surface area contributed by atoms with Gasteiger partial charge in [-0.1, -0.05) is 44.0 Å². The lowest BCUT2D eigenvalue weighted by atomic mass is 9.76. The summed E-state index contributed by atoms with van der Waals surface area (Å²) in [6.45, 7) is 2.31. The number of benzene rings is 3. The van der Waals surface area contributed by atoms with Gasteiger partial charge in [-0.25, -0.2) is 13.2 Å². The Morgan fingerprint density at radius 1 is 0.725 bits per heavy atom. The van der Waals surface area contributed by atoms with E-state index >= 15 is 8.78 Å². The van der Waals surface area contributed by atoms with Crippen molar-refractivity contribution in [1.82, 2.24) is 0 Å². The standard InChI is InChI=1S/C33H32F5NO/c1-20-2-4-21(5-3-20)22-6-8-23(9-7-22)24-10-12-26(13-11-24)33(37,38)40-27-14-15-28(32(36)18-27)25-16-30(34)29(19-39)31(35)17-25/h6-9,14-18,20-21,24,26H,2-5,10-13H2,1H3. The average Bonchev–Trinajstić information content (AvgIpc) is 2.93. The summed E-state index contributed by atoms with van der Waals surface area (Å²) in [5.41, 5.74) is 1.44. The van der Waals surface area contributed by atoms with Crippen LogP contribution >= 0.6 is 0 Å². The van der Waals surface area contributed by atoms with Gasteiger partial charge in [0.05, 0.1) is 5.92 Å². The normalized spacial score (nSPS) is 23.4. The van der Waals surface area contributed by atoms with Gasteiger partial charge in [0.15, 0.2) is 0 Å². The molecule has 0 N–H and O–H groups in total. The minimum absolute atomic E-state index is 0.149. The highest BCUT2D eigenvalue weighted by atomic mass is 19.3. The first-order valence-electron chi connectivity index (χ1n) is 14.0. The molecular formula is C33H32F5NO. The van der Waals surface area contributed by atoms with Gasteiger partial charge in [-0.05, 0) is 97.2 Å². The van der Waals surface area contributed by atoms with E-state index in [1.165, 1.54) is 42.9 Å². The Morgan fingerprint density at radius 3 is 1.75 bits per heavy atom. The van der Waals surface area contributed by atoms with Crippen molar-refractivity contribution in [2.75, 3.05) is 0 Å². The Balaban J connectivity index is 1.20. The lowest BCUT2D eigenvalue weighted by molar-refractivity contribution is -0.222. The molecule has 0 amide bonds. The van der Waals surface area contributed by atoms with Gasteiger partial charge in [0.1, 0.15) is 34.8 Å². The monoisotopic (exact) mass is 553 g/mol. The Labute approximate surface area is 231 Å². The highest BCUT2D eigenvalue weighted by molar-refractivity contribution is 5.66. The molecule has 0 saturated heterocycles. The van der Waals surface area contributed by atoms with Crippen molar-refractivity contribution >= 4 is 0 Å². The SMILES string of the molecule is CC1CCC(c2ccc(C3CCC(C(F)(F)Oc4ccc(-c5cc(F)c(C#N)c(F)c5)c(F)c4)CC3)cc2)CC1. The lowest BCUT2D eigenvalue weighted by Crippen LogP contribution is -2.37. The number of hydrogen-bond acceptors (Lipinski definition) is 2. The Hall–Kier alpha value is -3.40. The Bertz CT molecular complexity index is 1360. The molecule has 7 heteroatoms. The van der Waals surface area contributed by atoms with Crippen LogP contribution in [0.4, 0.5) is 22.0 Å². The largest absolute Gasteiger partial charge is 0.432 e. The van der Waals surface area contributed by atoms with E-state index in [1.54, 1.807) is 0 Å². The summed E-state index contributed by atoms with van der Waals surface area (Å²) in [7, 11) is 0. The predicted octanol–water partition coefficient (Wildman–Crippen LogP) is 9.88. The topological polar surface area (TPSA) is 33.0 Å². The molecule has 2 fully saturated rings. The minimum Gasteiger partial charge on any atom is -0.432 e. The van der Waals surface area contributed by atoms with Gasteiger partial charge < -0.3 is 4.74 Å². The Kier molecular flexibility index (Phi) is 8.16. The third-order valence-corrected chi connectivity index (χ3v) is 8.76. The van der Waals surface area contributed by atoms with Gasteiger partial charge >= 0.3 is 6.11 Å². The second-order valence-electron chi connectivity index (χ2n) is 11.4. The van der Waals surface area contributed by atoms with Crippen LogP contribution in [0.25, 0.3) is 11.1 Å². The van der Waals surface area contributed by atoms with Crippen LogP contribution in [0.5, 0.6) is 5.75 Å². The van der Waals surface area contributed by atoms with Gasteiger partial charge in [0.2, 0.25) is 0 Å². The van der Waals surface area contributed by atoms with E-state index in [4.69, 9.17) is 10.00 Å². The smallest absolute Gasteiger partial charge is 0.400 e. The molecule has 3 aromatic carbocycles. The summed E-state index contributed by atoms with van der Waals surface area (Å²) in [5.74, 6) is -2.96. The molecule has 0 bridgehead atoms. The number of halogens is 5. The van der Waals surface area contributed by atoms with Gasteiger partial charge in [0, 0.05) is 11.6 Å². The molecule has 210 valence electrons. The summed E-state index contributed by atoms with van der Waals surface area (Å²) in [6.07, 6.45) is 3.28. The highest BCUT2D eigenvalue weighted by Gasteiger charge is 2.44. The molecule has 0 unspecified atom stereocenters. The van der Waals surface area contributed by atoms with Gasteiger partial charge in [0.25, 0.3) is 0 Å². The maximum atomic E-state index is 15.1. The molecule has 2 aliphatic rings. The molecule has 0 spiro atoms. The molecule has 40 heavy (non-hydrogen) atoms. The summed E-state index contributed by atoms with van der Waals surface area (Å²) in [5, 5.41) is 8.81. The fourth-order valence-corrected chi connectivity index (χ4v) is 6.27. The van der Waals surface area contributed by atoms with E-state index in [0.29, 0.717) is 18.8 Å². The van der Waals surface area contributed by atoms with Crippen molar-refractivity contribution in [3.05, 3.63) is 88.7 Å². The van der Waals surface area contributed by atoms with Crippen LogP contribution in [0, 0.1) is 40.6 Å². The van der Waals surface area contributed by atoms with Crippen LogP contribution in [0.2, 0.25) is 0 Å². The number of nitriles is 1. The van der Waals surface area contributed by atoms with E-state index < -0.39 is 35.0 Å². The molecular weight excluding hydrogens is 521 g/mol. The summed E-state index contributed by atoms with van der Waals surface area (Å²) in [6, 6.07) is 14.9. The van der Waals surface area contributed by atoms with Crippen molar-refractivity contribution in [2.45, 2.75) is 76.2 Å². The highest BCUT2D eigenvalue weighted by Crippen LogP contribution is 2.44. The quantitative estimate of drug-likeness (QED) is 0.285. The molecule has 0 atom stereocenters. The van der Waals surface area contributed by atoms with Crippen molar-refractivity contribution in [3.63, 3.8) is 0 Å². The zero-order chi connectivity index (χ0) is 28.4.